The minimum Gasteiger partial charge on any atom is -0.327 e. The predicted octanol–water partition coefficient (Wildman–Crippen LogP) is 2.52. The van der Waals surface area contributed by atoms with Crippen molar-refractivity contribution < 1.29 is 4.79 Å². The highest BCUT2D eigenvalue weighted by atomic mass is 16.1. The van der Waals surface area contributed by atoms with E-state index in [4.69, 9.17) is 0 Å². The van der Waals surface area contributed by atoms with Crippen LogP contribution in [0.15, 0.2) is 6.33 Å². The Balaban J connectivity index is 1.72. The van der Waals surface area contributed by atoms with E-state index < -0.39 is 0 Å². The van der Waals surface area contributed by atoms with Gasteiger partial charge >= 0.3 is 0 Å². The van der Waals surface area contributed by atoms with Gasteiger partial charge in [-0.3, -0.25) is 4.79 Å². The molecular weight excluding hydrogens is 212 g/mol. The molecule has 0 unspecified atom stereocenters. The van der Waals surface area contributed by atoms with Crippen molar-refractivity contribution in [3.8, 4) is 0 Å². The fourth-order valence-corrected chi connectivity index (χ4v) is 3.21. The smallest absolute Gasteiger partial charge is 0.155 e. The number of carbonyl (C=O) groups excluding carboxylic acids is 1. The minimum atomic E-state index is 0.330. The Morgan fingerprint density at radius 3 is 2.82 bits per heavy atom. The zero-order chi connectivity index (χ0) is 11.7. The van der Waals surface area contributed by atoms with Crippen LogP contribution >= 0.6 is 0 Å². The van der Waals surface area contributed by atoms with E-state index in [0.717, 1.165) is 25.7 Å². The number of imidazole rings is 1. The van der Waals surface area contributed by atoms with Gasteiger partial charge in [-0.2, -0.15) is 0 Å². The third-order valence-corrected chi connectivity index (χ3v) is 4.25. The zero-order valence-corrected chi connectivity index (χ0v) is 10.3. The highest BCUT2D eigenvalue weighted by Crippen LogP contribution is 2.27. The lowest BCUT2D eigenvalue weighted by molar-refractivity contribution is -0.123. The van der Waals surface area contributed by atoms with Gasteiger partial charge in [-0.25, -0.2) is 4.98 Å². The van der Waals surface area contributed by atoms with Crippen molar-refractivity contribution in [1.29, 1.82) is 0 Å². The molecule has 17 heavy (non-hydrogen) atoms. The van der Waals surface area contributed by atoms with Crippen LogP contribution in [0.3, 0.4) is 0 Å². The lowest BCUT2D eigenvalue weighted by Crippen LogP contribution is -2.19. The number of hydrogen-bond donors (Lipinski definition) is 0. The minimum absolute atomic E-state index is 0.330. The second kappa shape index (κ2) is 4.63. The third-order valence-electron chi connectivity index (χ3n) is 4.25. The molecule has 2 aliphatic rings. The molecule has 3 nitrogen and oxygen atoms in total. The first kappa shape index (κ1) is 11.0. The summed E-state index contributed by atoms with van der Waals surface area (Å²) in [6.45, 7) is 0.562. The second-order valence-electron chi connectivity index (χ2n) is 5.42. The first-order chi connectivity index (χ1) is 8.34. The van der Waals surface area contributed by atoms with Crippen LogP contribution < -0.4 is 0 Å². The first-order valence-electron chi connectivity index (χ1n) is 6.90. The molecule has 0 N–H and O–H groups in total. The number of carbonyl (C=O) groups is 1. The number of hydrogen-bond acceptors (Lipinski definition) is 2. The monoisotopic (exact) mass is 232 g/mol. The molecule has 0 aromatic carbocycles. The van der Waals surface area contributed by atoms with Crippen molar-refractivity contribution in [2.24, 2.45) is 5.92 Å². The normalized spacial score (nSPS) is 20.5. The van der Waals surface area contributed by atoms with Gasteiger partial charge in [0.1, 0.15) is 0 Å². The maximum Gasteiger partial charge on any atom is 0.155 e. The standard InChI is InChI=1S/C14H20N2O/c17-14(11-5-1-2-6-11)9-16-10-15-12-7-3-4-8-13(12)16/h10-11H,1-9H2. The van der Waals surface area contributed by atoms with Crippen LogP contribution in [0.2, 0.25) is 0 Å². The highest BCUT2D eigenvalue weighted by molar-refractivity contribution is 5.81. The van der Waals surface area contributed by atoms with Crippen LogP contribution in [-0.2, 0) is 24.2 Å². The molecule has 0 aliphatic heterocycles. The molecular formula is C14H20N2O. The molecule has 3 rings (SSSR count). The van der Waals surface area contributed by atoms with E-state index in [1.54, 1.807) is 0 Å². The van der Waals surface area contributed by atoms with Crippen LogP contribution in [0.5, 0.6) is 0 Å². The average Bonchev–Trinajstić information content (AvgIpc) is 2.98. The van der Waals surface area contributed by atoms with Crippen molar-refractivity contribution in [1.82, 2.24) is 9.55 Å². The van der Waals surface area contributed by atoms with E-state index >= 15 is 0 Å². The number of rotatable bonds is 3. The largest absolute Gasteiger partial charge is 0.327 e. The van der Waals surface area contributed by atoms with Gasteiger partial charge in [0.2, 0.25) is 0 Å². The summed E-state index contributed by atoms with van der Waals surface area (Å²) in [7, 11) is 0. The first-order valence-corrected chi connectivity index (χ1v) is 6.90. The van der Waals surface area contributed by atoms with Crippen molar-refractivity contribution >= 4 is 5.78 Å². The number of ketones is 1. The molecule has 0 bridgehead atoms. The van der Waals surface area contributed by atoms with E-state index in [2.05, 4.69) is 9.55 Å². The van der Waals surface area contributed by atoms with Gasteiger partial charge < -0.3 is 4.57 Å². The summed E-state index contributed by atoms with van der Waals surface area (Å²) in [5.41, 5.74) is 2.55. The van der Waals surface area contributed by atoms with E-state index in [1.165, 1.54) is 37.1 Å². The van der Waals surface area contributed by atoms with Gasteiger partial charge in [0.05, 0.1) is 18.6 Å². The quantitative estimate of drug-likeness (QED) is 0.802. The lowest BCUT2D eigenvalue weighted by atomic mass is 10.00. The average molecular weight is 232 g/mol. The van der Waals surface area contributed by atoms with Crippen LogP contribution in [0, 0.1) is 5.92 Å². The summed E-state index contributed by atoms with van der Waals surface area (Å²) < 4.78 is 2.11. The number of aryl methyl sites for hydroxylation is 1. The van der Waals surface area contributed by atoms with Crippen molar-refractivity contribution in [3.63, 3.8) is 0 Å². The van der Waals surface area contributed by atoms with Crippen LogP contribution in [0.25, 0.3) is 0 Å². The SMILES string of the molecule is O=C(Cn1cnc2c1CCCC2)C1CCCC1. The van der Waals surface area contributed by atoms with Crippen LogP contribution in [-0.4, -0.2) is 15.3 Å². The molecule has 0 atom stereocenters. The highest BCUT2D eigenvalue weighted by Gasteiger charge is 2.24. The summed E-state index contributed by atoms with van der Waals surface area (Å²) >= 11 is 0. The van der Waals surface area contributed by atoms with E-state index in [1.807, 2.05) is 6.33 Å². The fourth-order valence-electron chi connectivity index (χ4n) is 3.21. The van der Waals surface area contributed by atoms with Crippen LogP contribution in [0.1, 0.15) is 49.9 Å². The Hall–Kier alpha value is -1.12. The summed E-state index contributed by atoms with van der Waals surface area (Å²) in [6.07, 6.45) is 11.3. The van der Waals surface area contributed by atoms with Gasteiger partial charge in [0.25, 0.3) is 0 Å². The Kier molecular flexibility index (Phi) is 3.00. The predicted molar refractivity (Wildman–Crippen MR) is 65.8 cm³/mol. The lowest BCUT2D eigenvalue weighted by Gasteiger charge is -2.15. The van der Waals surface area contributed by atoms with Crippen molar-refractivity contribution in [3.05, 3.63) is 17.7 Å². The topological polar surface area (TPSA) is 34.9 Å². The van der Waals surface area contributed by atoms with Crippen LogP contribution in [0.4, 0.5) is 0 Å². The maximum absolute atomic E-state index is 12.1. The van der Waals surface area contributed by atoms with Gasteiger partial charge in [0.15, 0.2) is 5.78 Å². The maximum atomic E-state index is 12.1. The number of Topliss-reactive ketones (excluding diaryl/α,β-unsaturated/α-hetero) is 1. The van der Waals surface area contributed by atoms with Gasteiger partial charge in [-0.15, -0.1) is 0 Å². The zero-order valence-electron chi connectivity index (χ0n) is 10.3. The number of aromatic nitrogens is 2. The summed E-state index contributed by atoms with van der Waals surface area (Å²) in [4.78, 5) is 16.6. The van der Waals surface area contributed by atoms with Gasteiger partial charge in [-0.1, -0.05) is 12.8 Å². The van der Waals surface area contributed by atoms with Gasteiger partial charge in [-0.05, 0) is 38.5 Å². The molecule has 1 fully saturated rings. The second-order valence-corrected chi connectivity index (χ2v) is 5.42. The van der Waals surface area contributed by atoms with E-state index in [-0.39, 0.29) is 0 Å². The fraction of sp³-hybridized carbons (Fsp3) is 0.714. The Bertz CT molecular complexity index is 416. The third kappa shape index (κ3) is 2.15. The van der Waals surface area contributed by atoms with Crippen molar-refractivity contribution in [2.75, 3.05) is 0 Å². The summed E-state index contributed by atoms with van der Waals surface area (Å²) in [5, 5.41) is 0. The Labute approximate surface area is 102 Å². The molecule has 0 amide bonds. The molecule has 0 spiro atoms. The number of fused-ring (bicyclic) bond motifs is 1. The van der Waals surface area contributed by atoms with E-state index in [0.29, 0.717) is 18.2 Å². The molecule has 1 aromatic rings. The Morgan fingerprint density at radius 2 is 2.00 bits per heavy atom. The summed E-state index contributed by atoms with van der Waals surface area (Å²) in [6, 6.07) is 0. The molecule has 1 saturated carbocycles. The molecule has 0 radical (unpaired) electrons. The summed E-state index contributed by atoms with van der Waals surface area (Å²) in [5.74, 6) is 0.755. The molecule has 2 aliphatic carbocycles. The van der Waals surface area contributed by atoms with Gasteiger partial charge in [0, 0.05) is 11.6 Å². The molecule has 92 valence electrons. The molecule has 1 aromatic heterocycles. The number of nitrogens with zero attached hydrogens (tertiary/aromatic N) is 2. The molecule has 0 saturated heterocycles. The van der Waals surface area contributed by atoms with Crippen molar-refractivity contribution in [2.45, 2.75) is 57.9 Å². The Morgan fingerprint density at radius 1 is 1.24 bits per heavy atom. The molecule has 1 heterocycles. The van der Waals surface area contributed by atoms with E-state index in [9.17, 15) is 4.79 Å². The molecule has 3 heteroatoms.